The Kier molecular flexibility index (Phi) is 5.34. The Morgan fingerprint density at radius 3 is 2.52 bits per heavy atom. The molecule has 1 spiro atoms. The molecule has 1 aliphatic carbocycles. The number of pyridine rings is 1. The third kappa shape index (κ3) is 3.96. The van der Waals surface area contributed by atoms with E-state index in [1.807, 2.05) is 0 Å². The molecule has 3 heterocycles. The molecule has 0 atom stereocenters. The van der Waals surface area contributed by atoms with Gasteiger partial charge in [-0.3, -0.25) is 9.59 Å². The highest BCUT2D eigenvalue weighted by Gasteiger charge is 2.47. The number of hydrogen-bond acceptors (Lipinski definition) is 4. The van der Waals surface area contributed by atoms with E-state index in [9.17, 15) is 22.8 Å². The minimum atomic E-state index is -2.76. The van der Waals surface area contributed by atoms with E-state index in [0.717, 1.165) is 44.2 Å². The number of aromatic nitrogens is 1. The van der Waals surface area contributed by atoms with Crippen LogP contribution in [0.3, 0.4) is 0 Å². The highest BCUT2D eigenvalue weighted by Crippen LogP contribution is 2.49. The summed E-state index contributed by atoms with van der Waals surface area (Å²) in [5.74, 6) is -1.61. The van der Waals surface area contributed by atoms with Crippen molar-refractivity contribution in [2.45, 2.75) is 38.2 Å². The van der Waals surface area contributed by atoms with Crippen molar-refractivity contribution in [2.24, 2.45) is 5.41 Å². The first-order valence-corrected chi connectivity index (χ1v) is 10.9. The molecule has 172 valence electrons. The maximum atomic E-state index is 14.0. The summed E-state index contributed by atoms with van der Waals surface area (Å²) in [5, 5.41) is 3.75. The first-order chi connectivity index (χ1) is 15.8. The number of nitrogens with one attached hydrogen (secondary N) is 1. The lowest BCUT2D eigenvalue weighted by Crippen LogP contribution is -2.55. The Labute approximate surface area is 187 Å². The van der Waals surface area contributed by atoms with Crippen LogP contribution in [0.1, 0.15) is 58.7 Å². The predicted octanol–water partition coefficient (Wildman–Crippen LogP) is 4.72. The summed E-state index contributed by atoms with van der Waals surface area (Å²) in [5.41, 5.74) is 0.396. The number of furan rings is 1. The van der Waals surface area contributed by atoms with Crippen molar-refractivity contribution < 1.29 is 27.2 Å². The number of fused-ring (bicyclic) bond motifs is 1. The molecule has 1 aliphatic heterocycles. The molecular formula is C24H22F3N3O3. The van der Waals surface area contributed by atoms with Crippen LogP contribution in [-0.4, -0.2) is 40.8 Å². The minimum absolute atomic E-state index is 0.0349. The van der Waals surface area contributed by atoms with Gasteiger partial charge in [0.15, 0.2) is 5.76 Å². The fraction of sp³-hybridized carbons (Fsp3) is 0.375. The van der Waals surface area contributed by atoms with Gasteiger partial charge in [-0.15, -0.1) is 0 Å². The van der Waals surface area contributed by atoms with Crippen LogP contribution in [0.5, 0.6) is 0 Å². The number of hydrogen-bond donors (Lipinski definition) is 1. The zero-order chi connectivity index (χ0) is 23.2. The van der Waals surface area contributed by atoms with Gasteiger partial charge >= 0.3 is 0 Å². The van der Waals surface area contributed by atoms with Crippen LogP contribution in [0.2, 0.25) is 0 Å². The van der Waals surface area contributed by atoms with E-state index >= 15 is 0 Å². The number of nitrogens with zero attached hydrogens (tertiary/aromatic N) is 2. The fourth-order valence-electron chi connectivity index (χ4n) is 5.01. The number of halogens is 3. The zero-order valence-corrected chi connectivity index (χ0v) is 17.7. The molecule has 9 heteroatoms. The molecule has 6 nitrogen and oxygen atoms in total. The van der Waals surface area contributed by atoms with Gasteiger partial charge in [-0.05, 0) is 37.2 Å². The molecule has 2 fully saturated rings. The van der Waals surface area contributed by atoms with Crippen LogP contribution in [0.15, 0.2) is 47.2 Å². The summed E-state index contributed by atoms with van der Waals surface area (Å²) in [6.45, 7) is 1.12. The molecule has 3 aromatic rings. The summed E-state index contributed by atoms with van der Waals surface area (Å²) in [6, 6.07) is 7.84. The monoisotopic (exact) mass is 457 g/mol. The van der Waals surface area contributed by atoms with Gasteiger partial charge in [-0.25, -0.2) is 18.2 Å². The highest BCUT2D eigenvalue weighted by molar-refractivity contribution is 6.05. The first-order valence-electron chi connectivity index (χ1n) is 10.9. The topological polar surface area (TPSA) is 75.4 Å². The van der Waals surface area contributed by atoms with Gasteiger partial charge in [0.2, 0.25) is 0 Å². The highest BCUT2D eigenvalue weighted by atomic mass is 19.3. The molecule has 2 amide bonds. The number of benzene rings is 1. The zero-order valence-electron chi connectivity index (χ0n) is 17.7. The predicted molar refractivity (Wildman–Crippen MR) is 113 cm³/mol. The molecular weight excluding hydrogens is 435 g/mol. The largest absolute Gasteiger partial charge is 0.462 e. The molecule has 33 heavy (non-hydrogen) atoms. The molecule has 1 aromatic carbocycles. The van der Waals surface area contributed by atoms with Gasteiger partial charge in [-0.1, -0.05) is 24.3 Å². The van der Waals surface area contributed by atoms with Crippen LogP contribution in [-0.2, 0) is 0 Å². The fourth-order valence-corrected chi connectivity index (χ4v) is 5.01. The summed E-state index contributed by atoms with van der Waals surface area (Å²) in [4.78, 5) is 31.2. The maximum absolute atomic E-state index is 14.0. The Morgan fingerprint density at radius 2 is 1.85 bits per heavy atom. The van der Waals surface area contributed by atoms with Crippen molar-refractivity contribution in [2.75, 3.05) is 13.1 Å². The molecule has 1 saturated heterocycles. The number of rotatable bonds is 4. The van der Waals surface area contributed by atoms with Crippen molar-refractivity contribution in [1.29, 1.82) is 0 Å². The van der Waals surface area contributed by atoms with E-state index in [2.05, 4.69) is 10.3 Å². The van der Waals surface area contributed by atoms with Gasteiger partial charge < -0.3 is 14.6 Å². The quantitative estimate of drug-likeness (QED) is 0.615. The van der Waals surface area contributed by atoms with E-state index in [4.69, 9.17) is 4.42 Å². The second-order valence-electron chi connectivity index (χ2n) is 8.91. The van der Waals surface area contributed by atoms with Crippen LogP contribution < -0.4 is 5.32 Å². The number of piperidine rings is 1. The number of carbonyl (C=O) groups excluding carboxylic acids is 2. The van der Waals surface area contributed by atoms with Gasteiger partial charge in [-0.2, -0.15) is 0 Å². The second-order valence-corrected chi connectivity index (χ2v) is 8.91. The molecule has 1 saturated carbocycles. The third-order valence-electron chi connectivity index (χ3n) is 6.85. The van der Waals surface area contributed by atoms with Crippen molar-refractivity contribution in [3.63, 3.8) is 0 Å². The van der Waals surface area contributed by atoms with Crippen LogP contribution in [0, 0.1) is 11.2 Å². The molecule has 5 rings (SSSR count). The maximum Gasteiger partial charge on any atom is 0.295 e. The summed E-state index contributed by atoms with van der Waals surface area (Å²) >= 11 is 0. The second kappa shape index (κ2) is 8.20. The van der Waals surface area contributed by atoms with Crippen LogP contribution in [0.25, 0.3) is 10.8 Å². The Balaban J connectivity index is 1.17. The Hall–Kier alpha value is -3.36. The van der Waals surface area contributed by atoms with Crippen molar-refractivity contribution >= 4 is 22.6 Å². The van der Waals surface area contributed by atoms with Crippen molar-refractivity contribution in [3.8, 4) is 0 Å². The van der Waals surface area contributed by atoms with E-state index < -0.39 is 23.9 Å². The average molecular weight is 457 g/mol. The molecule has 1 N–H and O–H groups in total. The van der Waals surface area contributed by atoms with Gasteiger partial charge in [0.25, 0.3) is 18.2 Å². The van der Waals surface area contributed by atoms with E-state index in [1.54, 1.807) is 29.2 Å². The average Bonchev–Trinajstić information content (AvgIpc) is 3.30. The minimum Gasteiger partial charge on any atom is -0.462 e. The van der Waals surface area contributed by atoms with Crippen LogP contribution >= 0.6 is 0 Å². The van der Waals surface area contributed by atoms with Gasteiger partial charge in [0.1, 0.15) is 17.8 Å². The Morgan fingerprint density at radius 1 is 1.15 bits per heavy atom. The summed E-state index contributed by atoms with van der Waals surface area (Å²) < 4.78 is 44.0. The molecule has 2 aliphatic rings. The van der Waals surface area contributed by atoms with Crippen molar-refractivity contribution in [1.82, 2.24) is 15.2 Å². The number of likely N-dealkylation sites (tertiary alicyclic amines) is 1. The van der Waals surface area contributed by atoms with Gasteiger partial charge in [0.05, 0.1) is 11.8 Å². The smallest absolute Gasteiger partial charge is 0.295 e. The first kappa shape index (κ1) is 21.5. The van der Waals surface area contributed by atoms with Gasteiger partial charge in [0, 0.05) is 29.9 Å². The lowest BCUT2D eigenvalue weighted by Gasteiger charge is -2.52. The third-order valence-corrected chi connectivity index (χ3v) is 6.85. The standard InChI is InChI=1S/C24H22F3N3O3/c25-18-12-28-20(17-4-2-1-3-16(17)18)23(32)30-7-5-24(6-8-30)10-15(11-24)29-22(31)14-9-19(21(26)27)33-13-14/h1-4,9,12-13,15,21H,5-8,10-11H2,(H,29,31). The molecule has 0 bridgehead atoms. The number of alkyl halides is 2. The summed E-state index contributed by atoms with van der Waals surface area (Å²) in [6.07, 6.45) is 2.52. The lowest BCUT2D eigenvalue weighted by atomic mass is 9.60. The molecule has 2 aromatic heterocycles. The number of carbonyl (C=O) groups is 2. The SMILES string of the molecule is O=C(NC1CC2(CCN(C(=O)c3ncc(F)c4ccccc34)CC2)C1)c1coc(C(F)F)c1. The van der Waals surface area contributed by atoms with Crippen LogP contribution in [0.4, 0.5) is 13.2 Å². The lowest BCUT2D eigenvalue weighted by molar-refractivity contribution is 0.00850. The molecule has 0 unspecified atom stereocenters. The molecule has 0 radical (unpaired) electrons. The number of amides is 2. The normalized spacial score (nSPS) is 18.0. The summed E-state index contributed by atoms with van der Waals surface area (Å²) in [7, 11) is 0. The Bertz CT molecular complexity index is 1210. The van der Waals surface area contributed by atoms with E-state index in [1.165, 1.54) is 0 Å². The van der Waals surface area contributed by atoms with E-state index in [-0.39, 0.29) is 28.6 Å². The van der Waals surface area contributed by atoms with Crippen molar-refractivity contribution in [3.05, 3.63) is 65.6 Å². The van der Waals surface area contributed by atoms with E-state index in [0.29, 0.717) is 23.9 Å².